The Hall–Kier alpha value is -2.93. The van der Waals surface area contributed by atoms with Gasteiger partial charge in [0, 0.05) is 22.4 Å². The zero-order chi connectivity index (χ0) is 20.1. The molecule has 3 rings (SSSR count). The molecule has 0 bridgehead atoms. The molecule has 144 valence electrons. The number of nitrogens with zero attached hydrogens (tertiary/aromatic N) is 3. The number of Topliss-reactive ketones (excluding diaryl/α,β-unsaturated/α-hetero) is 1. The molecule has 0 saturated carbocycles. The largest absolute Gasteiger partial charge is 0.326 e. The molecule has 1 amide bonds. The maximum absolute atomic E-state index is 12.5. The highest BCUT2D eigenvalue weighted by molar-refractivity contribution is 7.99. The predicted octanol–water partition coefficient (Wildman–Crippen LogP) is 4.23. The number of amides is 1. The van der Waals surface area contributed by atoms with Crippen LogP contribution in [0.5, 0.6) is 0 Å². The van der Waals surface area contributed by atoms with Gasteiger partial charge in [-0.2, -0.15) is 0 Å². The van der Waals surface area contributed by atoms with Gasteiger partial charge >= 0.3 is 0 Å². The first-order valence-electron chi connectivity index (χ1n) is 8.87. The Morgan fingerprint density at radius 2 is 1.71 bits per heavy atom. The summed E-state index contributed by atoms with van der Waals surface area (Å²) >= 11 is 1.34. The lowest BCUT2D eigenvalue weighted by Gasteiger charge is -2.17. The third-order valence-corrected chi connectivity index (χ3v) is 4.97. The van der Waals surface area contributed by atoms with Crippen LogP contribution < -0.4 is 5.32 Å². The molecule has 0 saturated heterocycles. The molecule has 0 radical (unpaired) electrons. The molecule has 0 spiro atoms. The van der Waals surface area contributed by atoms with Gasteiger partial charge in [-0.15, -0.1) is 10.2 Å². The minimum atomic E-state index is -0.472. The van der Waals surface area contributed by atoms with Gasteiger partial charge in [-0.3, -0.25) is 14.2 Å². The van der Waals surface area contributed by atoms with Gasteiger partial charge in [-0.1, -0.05) is 50.7 Å². The molecule has 1 N–H and O–H groups in total. The van der Waals surface area contributed by atoms with E-state index < -0.39 is 5.41 Å². The van der Waals surface area contributed by atoms with E-state index >= 15 is 0 Å². The molecular weight excluding hydrogens is 372 g/mol. The lowest BCUT2D eigenvalue weighted by molar-refractivity contribution is -0.123. The van der Waals surface area contributed by atoms with E-state index in [1.54, 1.807) is 30.6 Å². The van der Waals surface area contributed by atoms with Crippen molar-refractivity contribution in [2.45, 2.75) is 25.9 Å². The van der Waals surface area contributed by atoms with Crippen LogP contribution in [0.4, 0.5) is 5.69 Å². The Balaban J connectivity index is 1.62. The van der Waals surface area contributed by atoms with E-state index in [9.17, 15) is 9.59 Å². The smallest absolute Gasteiger partial charge is 0.229 e. The van der Waals surface area contributed by atoms with Crippen molar-refractivity contribution in [1.82, 2.24) is 14.8 Å². The van der Waals surface area contributed by atoms with E-state index in [1.165, 1.54) is 11.8 Å². The Bertz CT molecular complexity index is 960. The quantitative estimate of drug-likeness (QED) is 0.500. The summed E-state index contributed by atoms with van der Waals surface area (Å²) in [6, 6.07) is 16.7. The van der Waals surface area contributed by atoms with Crippen molar-refractivity contribution in [3.63, 3.8) is 0 Å². The number of rotatable bonds is 6. The van der Waals surface area contributed by atoms with E-state index in [-0.39, 0.29) is 17.4 Å². The van der Waals surface area contributed by atoms with Crippen molar-refractivity contribution in [2.75, 3.05) is 11.1 Å². The fraction of sp³-hybridized carbons (Fsp3) is 0.238. The Kier molecular flexibility index (Phi) is 5.94. The number of hydrogen-bond acceptors (Lipinski definition) is 5. The third-order valence-electron chi connectivity index (χ3n) is 4.03. The molecule has 7 heteroatoms. The summed E-state index contributed by atoms with van der Waals surface area (Å²) in [6.07, 6.45) is 1.63. The van der Waals surface area contributed by atoms with Crippen LogP contribution in [0.2, 0.25) is 0 Å². The van der Waals surface area contributed by atoms with Crippen LogP contribution in [0, 0.1) is 5.41 Å². The highest BCUT2D eigenvalue weighted by atomic mass is 32.2. The molecule has 28 heavy (non-hydrogen) atoms. The summed E-state index contributed by atoms with van der Waals surface area (Å²) in [5.74, 6) is 0.169. The highest BCUT2D eigenvalue weighted by Gasteiger charge is 2.21. The van der Waals surface area contributed by atoms with Gasteiger partial charge in [0.25, 0.3) is 0 Å². The van der Waals surface area contributed by atoms with Crippen LogP contribution in [-0.4, -0.2) is 32.2 Å². The number of thioether (sulfide) groups is 1. The first-order valence-corrected chi connectivity index (χ1v) is 9.86. The van der Waals surface area contributed by atoms with Gasteiger partial charge in [0.05, 0.1) is 5.75 Å². The average molecular weight is 395 g/mol. The van der Waals surface area contributed by atoms with Crippen LogP contribution in [0.25, 0.3) is 5.69 Å². The molecule has 0 aliphatic heterocycles. The minimum absolute atomic E-state index is 0.0127. The molecule has 1 heterocycles. The normalized spacial score (nSPS) is 11.2. The van der Waals surface area contributed by atoms with E-state index in [0.717, 1.165) is 5.69 Å². The summed E-state index contributed by atoms with van der Waals surface area (Å²) in [5.41, 5.74) is 1.74. The fourth-order valence-electron chi connectivity index (χ4n) is 2.36. The molecule has 2 aromatic carbocycles. The number of nitrogens with one attached hydrogen (secondary N) is 1. The monoisotopic (exact) mass is 394 g/mol. The number of aromatic nitrogens is 3. The molecule has 0 aliphatic carbocycles. The zero-order valence-electron chi connectivity index (χ0n) is 16.0. The van der Waals surface area contributed by atoms with Gasteiger partial charge in [-0.25, -0.2) is 0 Å². The fourth-order valence-corrected chi connectivity index (χ4v) is 3.18. The average Bonchev–Trinajstić information content (AvgIpc) is 3.15. The summed E-state index contributed by atoms with van der Waals surface area (Å²) in [5, 5.41) is 11.6. The number of hydrogen-bond donors (Lipinski definition) is 1. The van der Waals surface area contributed by atoms with E-state index in [1.807, 2.05) is 55.7 Å². The van der Waals surface area contributed by atoms with Crippen LogP contribution in [0.3, 0.4) is 0 Å². The molecule has 0 unspecified atom stereocenters. The lowest BCUT2D eigenvalue weighted by atomic mass is 9.95. The second kappa shape index (κ2) is 8.39. The highest BCUT2D eigenvalue weighted by Crippen LogP contribution is 2.22. The molecule has 0 aliphatic rings. The van der Waals surface area contributed by atoms with Crippen LogP contribution in [0.15, 0.2) is 66.1 Å². The SMILES string of the molecule is CC(C)(C)C(=O)Nc1ccc(C(=O)CSc2nncn2-c2ccccc2)cc1. The first-order chi connectivity index (χ1) is 13.3. The van der Waals surface area contributed by atoms with Crippen molar-refractivity contribution >= 4 is 29.1 Å². The third kappa shape index (κ3) is 4.86. The standard InChI is InChI=1S/C21H22N4O2S/c1-21(2,3)19(27)23-16-11-9-15(10-12-16)18(26)13-28-20-24-22-14-25(20)17-7-5-4-6-8-17/h4-12,14H,13H2,1-3H3,(H,23,27). The molecule has 6 nitrogen and oxygen atoms in total. The van der Waals surface area contributed by atoms with Gasteiger partial charge in [0.1, 0.15) is 6.33 Å². The van der Waals surface area contributed by atoms with Crippen LogP contribution in [-0.2, 0) is 4.79 Å². The number of carbonyl (C=O) groups excluding carboxylic acids is 2. The predicted molar refractivity (Wildman–Crippen MR) is 111 cm³/mol. The van der Waals surface area contributed by atoms with Crippen molar-refractivity contribution in [2.24, 2.45) is 5.41 Å². The number of ketones is 1. The Labute approximate surface area is 168 Å². The summed E-state index contributed by atoms with van der Waals surface area (Å²) < 4.78 is 1.85. The van der Waals surface area contributed by atoms with Crippen molar-refractivity contribution in [1.29, 1.82) is 0 Å². The molecule has 1 aromatic heterocycles. The van der Waals surface area contributed by atoms with Gasteiger partial charge in [0.15, 0.2) is 10.9 Å². The Morgan fingerprint density at radius 3 is 2.36 bits per heavy atom. The second-order valence-electron chi connectivity index (χ2n) is 7.31. The van der Waals surface area contributed by atoms with Crippen molar-refractivity contribution in [3.8, 4) is 5.69 Å². The van der Waals surface area contributed by atoms with Gasteiger partial charge < -0.3 is 5.32 Å². The molecule has 3 aromatic rings. The van der Waals surface area contributed by atoms with E-state index in [0.29, 0.717) is 16.4 Å². The molecule has 0 atom stereocenters. The number of para-hydroxylation sites is 1. The zero-order valence-corrected chi connectivity index (χ0v) is 16.9. The maximum atomic E-state index is 12.5. The minimum Gasteiger partial charge on any atom is -0.326 e. The van der Waals surface area contributed by atoms with Crippen molar-refractivity contribution in [3.05, 3.63) is 66.5 Å². The molecular formula is C21H22N4O2S. The first kappa shape index (κ1) is 19.8. The van der Waals surface area contributed by atoms with E-state index in [2.05, 4.69) is 15.5 Å². The summed E-state index contributed by atoms with van der Waals surface area (Å²) in [4.78, 5) is 24.6. The second-order valence-corrected chi connectivity index (χ2v) is 8.25. The topological polar surface area (TPSA) is 76.9 Å². The van der Waals surface area contributed by atoms with Gasteiger partial charge in [0.2, 0.25) is 5.91 Å². The molecule has 0 fully saturated rings. The number of anilines is 1. The van der Waals surface area contributed by atoms with Crippen molar-refractivity contribution < 1.29 is 9.59 Å². The number of carbonyl (C=O) groups is 2. The van der Waals surface area contributed by atoms with Crippen LogP contribution in [0.1, 0.15) is 31.1 Å². The van der Waals surface area contributed by atoms with Crippen LogP contribution >= 0.6 is 11.8 Å². The van der Waals surface area contributed by atoms with E-state index in [4.69, 9.17) is 0 Å². The van der Waals surface area contributed by atoms with Gasteiger partial charge in [-0.05, 0) is 36.4 Å². The lowest BCUT2D eigenvalue weighted by Crippen LogP contribution is -2.27. The summed E-state index contributed by atoms with van der Waals surface area (Å²) in [6.45, 7) is 5.56. The number of benzene rings is 2. The Morgan fingerprint density at radius 1 is 1.04 bits per heavy atom. The maximum Gasteiger partial charge on any atom is 0.229 e. The summed E-state index contributed by atoms with van der Waals surface area (Å²) in [7, 11) is 0.